The SMILES string of the molecule is CN(C(=O)CCCC(=O)Nc1nccs1)c1ccccc1. The summed E-state index contributed by atoms with van der Waals surface area (Å²) < 4.78 is 0. The van der Waals surface area contributed by atoms with Crippen molar-refractivity contribution in [3.05, 3.63) is 41.9 Å². The van der Waals surface area contributed by atoms with Crippen LogP contribution in [-0.4, -0.2) is 23.8 Å². The highest BCUT2D eigenvalue weighted by atomic mass is 32.1. The molecule has 0 aliphatic carbocycles. The zero-order valence-electron chi connectivity index (χ0n) is 11.8. The number of benzene rings is 1. The molecule has 0 spiro atoms. The van der Waals surface area contributed by atoms with E-state index in [9.17, 15) is 9.59 Å². The monoisotopic (exact) mass is 303 g/mol. The maximum atomic E-state index is 12.0. The quantitative estimate of drug-likeness (QED) is 0.892. The van der Waals surface area contributed by atoms with Crippen molar-refractivity contribution in [3.8, 4) is 0 Å². The first-order valence-corrected chi connectivity index (χ1v) is 7.56. The first-order chi connectivity index (χ1) is 10.2. The number of hydrogen-bond acceptors (Lipinski definition) is 4. The smallest absolute Gasteiger partial charge is 0.226 e. The van der Waals surface area contributed by atoms with Crippen molar-refractivity contribution in [3.63, 3.8) is 0 Å². The summed E-state index contributed by atoms with van der Waals surface area (Å²) in [6.45, 7) is 0. The highest BCUT2D eigenvalue weighted by Crippen LogP contribution is 2.14. The lowest BCUT2D eigenvalue weighted by atomic mass is 10.2. The van der Waals surface area contributed by atoms with Crippen molar-refractivity contribution in [2.75, 3.05) is 17.3 Å². The van der Waals surface area contributed by atoms with Crippen molar-refractivity contribution in [1.82, 2.24) is 4.98 Å². The molecule has 1 aromatic carbocycles. The molecule has 0 aliphatic heterocycles. The maximum Gasteiger partial charge on any atom is 0.226 e. The van der Waals surface area contributed by atoms with Gasteiger partial charge in [0.25, 0.3) is 0 Å². The molecule has 2 rings (SSSR count). The molecule has 0 bridgehead atoms. The van der Waals surface area contributed by atoms with E-state index in [1.165, 1.54) is 11.3 Å². The van der Waals surface area contributed by atoms with E-state index in [2.05, 4.69) is 10.3 Å². The van der Waals surface area contributed by atoms with Crippen LogP contribution in [0.1, 0.15) is 19.3 Å². The zero-order chi connectivity index (χ0) is 15.1. The van der Waals surface area contributed by atoms with E-state index in [-0.39, 0.29) is 11.8 Å². The van der Waals surface area contributed by atoms with Crippen LogP contribution in [-0.2, 0) is 9.59 Å². The van der Waals surface area contributed by atoms with Crippen LogP contribution < -0.4 is 10.2 Å². The van der Waals surface area contributed by atoms with Crippen LogP contribution in [0.4, 0.5) is 10.8 Å². The van der Waals surface area contributed by atoms with Gasteiger partial charge in [-0.25, -0.2) is 4.98 Å². The summed E-state index contributed by atoms with van der Waals surface area (Å²) in [5.41, 5.74) is 0.856. The van der Waals surface area contributed by atoms with Gasteiger partial charge in [-0.15, -0.1) is 11.3 Å². The first kappa shape index (κ1) is 15.2. The van der Waals surface area contributed by atoms with Crippen LogP contribution >= 0.6 is 11.3 Å². The molecular formula is C15H17N3O2S. The molecule has 0 aliphatic rings. The second-order valence-corrected chi connectivity index (χ2v) is 5.42. The Morgan fingerprint density at radius 1 is 1.24 bits per heavy atom. The van der Waals surface area contributed by atoms with Crippen molar-refractivity contribution < 1.29 is 9.59 Å². The summed E-state index contributed by atoms with van der Waals surface area (Å²) in [4.78, 5) is 29.3. The lowest BCUT2D eigenvalue weighted by Crippen LogP contribution is -2.26. The van der Waals surface area contributed by atoms with Crippen molar-refractivity contribution in [2.24, 2.45) is 0 Å². The molecule has 0 fully saturated rings. The number of nitrogens with zero attached hydrogens (tertiary/aromatic N) is 2. The Hall–Kier alpha value is -2.21. The number of carbonyl (C=O) groups is 2. The van der Waals surface area contributed by atoms with Crippen LogP contribution in [0.5, 0.6) is 0 Å². The fourth-order valence-electron chi connectivity index (χ4n) is 1.83. The fraction of sp³-hybridized carbons (Fsp3) is 0.267. The minimum Gasteiger partial charge on any atom is -0.316 e. The van der Waals surface area contributed by atoms with Crippen LogP contribution in [0.2, 0.25) is 0 Å². The topological polar surface area (TPSA) is 62.3 Å². The number of thiazole rings is 1. The van der Waals surface area contributed by atoms with Crippen LogP contribution in [0.25, 0.3) is 0 Å². The van der Waals surface area contributed by atoms with Gasteiger partial charge in [-0.3, -0.25) is 9.59 Å². The van der Waals surface area contributed by atoms with Gasteiger partial charge in [-0.2, -0.15) is 0 Å². The Labute approximate surface area is 127 Å². The molecule has 1 heterocycles. The molecule has 2 aromatic rings. The molecule has 2 amide bonds. The predicted molar refractivity (Wildman–Crippen MR) is 84.4 cm³/mol. The molecule has 1 aromatic heterocycles. The largest absolute Gasteiger partial charge is 0.316 e. The lowest BCUT2D eigenvalue weighted by molar-refractivity contribution is -0.118. The molecule has 0 saturated heterocycles. The third kappa shape index (κ3) is 4.68. The molecular weight excluding hydrogens is 286 g/mol. The number of aromatic nitrogens is 1. The summed E-state index contributed by atoms with van der Waals surface area (Å²) in [6.07, 6.45) is 2.82. The second-order valence-electron chi connectivity index (χ2n) is 4.53. The number of hydrogen-bond donors (Lipinski definition) is 1. The van der Waals surface area contributed by atoms with E-state index in [0.29, 0.717) is 24.4 Å². The van der Waals surface area contributed by atoms with Crippen LogP contribution in [0.15, 0.2) is 41.9 Å². The van der Waals surface area contributed by atoms with Gasteiger partial charge in [-0.05, 0) is 18.6 Å². The summed E-state index contributed by atoms with van der Waals surface area (Å²) in [5, 5.41) is 5.09. The highest BCUT2D eigenvalue weighted by molar-refractivity contribution is 7.13. The number of amides is 2. The number of para-hydroxylation sites is 1. The van der Waals surface area contributed by atoms with Crippen LogP contribution in [0, 0.1) is 0 Å². The molecule has 6 heteroatoms. The van der Waals surface area contributed by atoms with Gasteiger partial charge in [-0.1, -0.05) is 18.2 Å². The van der Waals surface area contributed by atoms with Gasteiger partial charge in [0, 0.05) is 37.2 Å². The number of nitrogens with one attached hydrogen (secondary N) is 1. The predicted octanol–water partition coefficient (Wildman–Crippen LogP) is 2.91. The third-order valence-electron chi connectivity index (χ3n) is 2.99. The average molecular weight is 303 g/mol. The average Bonchev–Trinajstić information content (AvgIpc) is 3.00. The molecule has 1 N–H and O–H groups in total. The van der Waals surface area contributed by atoms with Gasteiger partial charge in [0.2, 0.25) is 11.8 Å². The minimum absolute atomic E-state index is 0.00301. The number of carbonyl (C=O) groups excluding carboxylic acids is 2. The maximum absolute atomic E-state index is 12.0. The van der Waals surface area contributed by atoms with E-state index in [4.69, 9.17) is 0 Å². The highest BCUT2D eigenvalue weighted by Gasteiger charge is 2.11. The Morgan fingerprint density at radius 2 is 2.00 bits per heavy atom. The van der Waals surface area contributed by atoms with Gasteiger partial charge >= 0.3 is 0 Å². The Morgan fingerprint density at radius 3 is 2.67 bits per heavy atom. The van der Waals surface area contributed by atoms with E-state index in [0.717, 1.165) is 5.69 Å². The van der Waals surface area contributed by atoms with Gasteiger partial charge in [0.05, 0.1) is 0 Å². The molecule has 5 nitrogen and oxygen atoms in total. The lowest BCUT2D eigenvalue weighted by Gasteiger charge is -2.17. The normalized spacial score (nSPS) is 10.1. The van der Waals surface area contributed by atoms with Crippen molar-refractivity contribution in [2.45, 2.75) is 19.3 Å². The Bertz CT molecular complexity index is 584. The van der Waals surface area contributed by atoms with Crippen molar-refractivity contribution in [1.29, 1.82) is 0 Å². The molecule has 21 heavy (non-hydrogen) atoms. The Kier molecular flexibility index (Phi) is 5.45. The third-order valence-corrected chi connectivity index (χ3v) is 3.68. The van der Waals surface area contributed by atoms with E-state index >= 15 is 0 Å². The zero-order valence-corrected chi connectivity index (χ0v) is 12.6. The molecule has 110 valence electrons. The van der Waals surface area contributed by atoms with Gasteiger partial charge < -0.3 is 10.2 Å². The van der Waals surface area contributed by atoms with E-state index in [1.54, 1.807) is 23.5 Å². The molecule has 0 saturated carbocycles. The first-order valence-electron chi connectivity index (χ1n) is 6.68. The minimum atomic E-state index is -0.111. The number of rotatable bonds is 6. The summed E-state index contributed by atoms with van der Waals surface area (Å²) >= 11 is 1.37. The summed E-state index contributed by atoms with van der Waals surface area (Å²) in [6, 6.07) is 9.45. The Balaban J connectivity index is 1.73. The van der Waals surface area contributed by atoms with Gasteiger partial charge in [0.1, 0.15) is 0 Å². The number of anilines is 2. The molecule has 0 atom stereocenters. The van der Waals surface area contributed by atoms with Crippen LogP contribution in [0.3, 0.4) is 0 Å². The molecule has 0 unspecified atom stereocenters. The fourth-order valence-corrected chi connectivity index (χ4v) is 2.38. The summed E-state index contributed by atoms with van der Waals surface area (Å²) in [5.74, 6) is -0.108. The van der Waals surface area contributed by atoms with Gasteiger partial charge in [0.15, 0.2) is 5.13 Å². The second kappa shape index (κ2) is 7.54. The standard InChI is InChI=1S/C15H17N3O2S/c1-18(12-6-3-2-4-7-12)14(20)9-5-8-13(19)17-15-16-10-11-21-15/h2-4,6-7,10-11H,5,8-9H2,1H3,(H,16,17,19). The molecule has 0 radical (unpaired) electrons. The van der Waals surface area contributed by atoms with E-state index < -0.39 is 0 Å². The summed E-state index contributed by atoms with van der Waals surface area (Å²) in [7, 11) is 1.74. The van der Waals surface area contributed by atoms with E-state index in [1.807, 2.05) is 30.3 Å². The van der Waals surface area contributed by atoms with Crippen molar-refractivity contribution >= 4 is 34.0 Å².